The largest absolute Gasteiger partial charge is 0.421 e. The molecule has 3 aromatic rings. The lowest BCUT2D eigenvalue weighted by atomic mass is 10.1. The Morgan fingerprint density at radius 3 is 2.80 bits per heavy atom. The van der Waals surface area contributed by atoms with Gasteiger partial charge >= 0.3 is 0 Å². The molecule has 0 fully saturated rings. The quantitative estimate of drug-likeness (QED) is 0.727. The van der Waals surface area contributed by atoms with E-state index in [4.69, 9.17) is 16.0 Å². The standard InChI is InChI=1S/C19H18ClN3O2/c1-13-5-4-6-14(11-13)12-21-17(24)9-10-18-22-23-19(25-18)15-7-2-3-8-16(15)20/h2-8,11H,9-10,12H2,1H3,(H,21,24). The van der Waals surface area contributed by atoms with E-state index in [0.717, 1.165) is 5.56 Å². The Labute approximate surface area is 151 Å². The van der Waals surface area contributed by atoms with Gasteiger partial charge in [0, 0.05) is 19.4 Å². The van der Waals surface area contributed by atoms with E-state index in [0.29, 0.717) is 35.3 Å². The molecule has 0 aliphatic heterocycles. The van der Waals surface area contributed by atoms with Crippen LogP contribution in [0.3, 0.4) is 0 Å². The summed E-state index contributed by atoms with van der Waals surface area (Å²) in [6.07, 6.45) is 0.674. The number of aryl methyl sites for hydroxylation is 2. The van der Waals surface area contributed by atoms with Gasteiger partial charge in [0.25, 0.3) is 0 Å². The van der Waals surface area contributed by atoms with E-state index in [-0.39, 0.29) is 12.3 Å². The fourth-order valence-electron chi connectivity index (χ4n) is 2.43. The van der Waals surface area contributed by atoms with Crippen LogP contribution < -0.4 is 5.32 Å². The van der Waals surface area contributed by atoms with Crippen LogP contribution in [0.15, 0.2) is 52.9 Å². The molecule has 25 heavy (non-hydrogen) atoms. The number of nitrogens with zero attached hydrogens (tertiary/aromatic N) is 2. The van der Waals surface area contributed by atoms with Crippen molar-refractivity contribution in [1.82, 2.24) is 15.5 Å². The molecule has 1 aromatic heterocycles. The topological polar surface area (TPSA) is 68.0 Å². The first-order chi connectivity index (χ1) is 12.1. The Balaban J connectivity index is 1.52. The zero-order valence-electron chi connectivity index (χ0n) is 13.8. The van der Waals surface area contributed by atoms with E-state index in [2.05, 4.69) is 15.5 Å². The van der Waals surface area contributed by atoms with Crippen LogP contribution in [0, 0.1) is 6.92 Å². The molecule has 3 rings (SSSR count). The zero-order chi connectivity index (χ0) is 17.6. The summed E-state index contributed by atoms with van der Waals surface area (Å²) in [5.74, 6) is 0.723. The number of carbonyl (C=O) groups excluding carboxylic acids is 1. The molecule has 0 unspecified atom stereocenters. The summed E-state index contributed by atoms with van der Waals surface area (Å²) in [5.41, 5.74) is 2.93. The van der Waals surface area contributed by atoms with E-state index in [1.165, 1.54) is 5.56 Å². The van der Waals surface area contributed by atoms with Crippen molar-refractivity contribution >= 4 is 17.5 Å². The van der Waals surface area contributed by atoms with Crippen molar-refractivity contribution in [2.24, 2.45) is 0 Å². The number of carbonyl (C=O) groups is 1. The van der Waals surface area contributed by atoms with Gasteiger partial charge in [-0.2, -0.15) is 0 Å². The van der Waals surface area contributed by atoms with Crippen LogP contribution in [-0.4, -0.2) is 16.1 Å². The van der Waals surface area contributed by atoms with Crippen LogP contribution in [0.25, 0.3) is 11.5 Å². The Morgan fingerprint density at radius 1 is 1.16 bits per heavy atom. The summed E-state index contributed by atoms with van der Waals surface area (Å²) in [6, 6.07) is 15.3. The van der Waals surface area contributed by atoms with Crippen molar-refractivity contribution in [2.75, 3.05) is 0 Å². The van der Waals surface area contributed by atoms with Crippen molar-refractivity contribution in [1.29, 1.82) is 0 Å². The summed E-state index contributed by atoms with van der Waals surface area (Å²) in [5, 5.41) is 11.4. The number of rotatable bonds is 6. The van der Waals surface area contributed by atoms with E-state index < -0.39 is 0 Å². The van der Waals surface area contributed by atoms with Crippen LogP contribution in [0.5, 0.6) is 0 Å². The Kier molecular flexibility index (Phi) is 5.46. The van der Waals surface area contributed by atoms with Gasteiger partial charge in [-0.15, -0.1) is 10.2 Å². The van der Waals surface area contributed by atoms with Gasteiger partial charge in [-0.05, 0) is 24.6 Å². The SMILES string of the molecule is Cc1cccc(CNC(=O)CCc2nnc(-c3ccccc3Cl)o2)c1. The number of halogens is 1. The molecule has 5 nitrogen and oxygen atoms in total. The summed E-state index contributed by atoms with van der Waals surface area (Å²) in [7, 11) is 0. The predicted octanol–water partition coefficient (Wildman–Crippen LogP) is 3.95. The van der Waals surface area contributed by atoms with Gasteiger partial charge in [-0.25, -0.2) is 0 Å². The number of hydrogen-bond donors (Lipinski definition) is 1. The molecule has 128 valence electrons. The first-order valence-electron chi connectivity index (χ1n) is 8.01. The first-order valence-corrected chi connectivity index (χ1v) is 8.39. The number of aromatic nitrogens is 2. The molecule has 0 spiro atoms. The molecule has 6 heteroatoms. The molecule has 0 radical (unpaired) electrons. The number of nitrogens with one attached hydrogen (secondary N) is 1. The second-order valence-corrected chi connectivity index (χ2v) is 6.15. The lowest BCUT2D eigenvalue weighted by Crippen LogP contribution is -2.23. The maximum Gasteiger partial charge on any atom is 0.249 e. The normalized spacial score (nSPS) is 10.6. The van der Waals surface area contributed by atoms with Crippen molar-refractivity contribution in [2.45, 2.75) is 26.3 Å². The molecule has 2 aromatic carbocycles. The fourth-order valence-corrected chi connectivity index (χ4v) is 2.65. The lowest BCUT2D eigenvalue weighted by molar-refractivity contribution is -0.121. The van der Waals surface area contributed by atoms with Crippen molar-refractivity contribution in [3.63, 3.8) is 0 Å². The monoisotopic (exact) mass is 355 g/mol. The summed E-state index contributed by atoms with van der Waals surface area (Å²) < 4.78 is 5.59. The van der Waals surface area contributed by atoms with Gasteiger partial charge in [0.15, 0.2) is 0 Å². The average molecular weight is 356 g/mol. The van der Waals surface area contributed by atoms with Gasteiger partial charge in [0.05, 0.1) is 10.6 Å². The maximum absolute atomic E-state index is 12.0. The summed E-state index contributed by atoms with van der Waals surface area (Å²) in [4.78, 5) is 12.0. The highest BCUT2D eigenvalue weighted by atomic mass is 35.5. The van der Waals surface area contributed by atoms with Crippen LogP contribution in [-0.2, 0) is 17.8 Å². The smallest absolute Gasteiger partial charge is 0.249 e. The third-order valence-electron chi connectivity index (χ3n) is 3.71. The first kappa shape index (κ1) is 17.2. The van der Waals surface area contributed by atoms with Gasteiger partial charge < -0.3 is 9.73 Å². The molecular formula is C19H18ClN3O2. The van der Waals surface area contributed by atoms with E-state index in [1.807, 2.05) is 49.4 Å². The minimum Gasteiger partial charge on any atom is -0.421 e. The highest BCUT2D eigenvalue weighted by Crippen LogP contribution is 2.26. The molecule has 0 saturated carbocycles. The summed E-state index contributed by atoms with van der Waals surface area (Å²) >= 11 is 6.11. The molecule has 1 N–H and O–H groups in total. The predicted molar refractivity (Wildman–Crippen MR) is 96.1 cm³/mol. The number of amides is 1. The Morgan fingerprint density at radius 2 is 2.00 bits per heavy atom. The molecule has 1 heterocycles. The number of benzene rings is 2. The van der Waals surface area contributed by atoms with Gasteiger partial charge in [-0.1, -0.05) is 53.6 Å². The third-order valence-corrected chi connectivity index (χ3v) is 4.04. The van der Waals surface area contributed by atoms with E-state index in [9.17, 15) is 4.79 Å². The highest BCUT2D eigenvalue weighted by molar-refractivity contribution is 6.33. The molecular weight excluding hydrogens is 338 g/mol. The maximum atomic E-state index is 12.0. The minimum atomic E-state index is -0.0565. The summed E-state index contributed by atoms with van der Waals surface area (Å²) in [6.45, 7) is 2.53. The molecule has 0 bridgehead atoms. The molecule has 0 aliphatic rings. The highest BCUT2D eigenvalue weighted by Gasteiger charge is 2.12. The fraction of sp³-hybridized carbons (Fsp3) is 0.211. The van der Waals surface area contributed by atoms with Crippen molar-refractivity contribution < 1.29 is 9.21 Å². The van der Waals surface area contributed by atoms with Gasteiger partial charge in [-0.3, -0.25) is 4.79 Å². The van der Waals surface area contributed by atoms with E-state index in [1.54, 1.807) is 6.07 Å². The Bertz CT molecular complexity index is 876. The molecule has 0 aliphatic carbocycles. The molecule has 1 amide bonds. The lowest BCUT2D eigenvalue weighted by Gasteiger charge is -2.05. The minimum absolute atomic E-state index is 0.0565. The molecule has 0 atom stereocenters. The van der Waals surface area contributed by atoms with Crippen LogP contribution >= 0.6 is 11.6 Å². The zero-order valence-corrected chi connectivity index (χ0v) is 14.6. The second-order valence-electron chi connectivity index (χ2n) is 5.75. The van der Waals surface area contributed by atoms with E-state index >= 15 is 0 Å². The average Bonchev–Trinajstić information content (AvgIpc) is 3.07. The second kappa shape index (κ2) is 7.94. The number of hydrogen-bond acceptors (Lipinski definition) is 4. The van der Waals surface area contributed by atoms with Crippen LogP contribution in [0.4, 0.5) is 0 Å². The van der Waals surface area contributed by atoms with Crippen molar-refractivity contribution in [3.05, 3.63) is 70.6 Å². The van der Waals surface area contributed by atoms with Crippen molar-refractivity contribution in [3.8, 4) is 11.5 Å². The van der Waals surface area contributed by atoms with Gasteiger partial charge in [0.2, 0.25) is 17.7 Å². The van der Waals surface area contributed by atoms with Gasteiger partial charge in [0.1, 0.15) is 0 Å². The Hall–Kier alpha value is -2.66. The van der Waals surface area contributed by atoms with Crippen LogP contribution in [0.2, 0.25) is 5.02 Å². The third kappa shape index (κ3) is 4.67. The molecule has 0 saturated heterocycles. The van der Waals surface area contributed by atoms with Crippen LogP contribution in [0.1, 0.15) is 23.4 Å².